The Balaban J connectivity index is 1.32. The summed E-state index contributed by atoms with van der Waals surface area (Å²) in [4.78, 5) is 46.9. The molecule has 2 aliphatic rings. The zero-order valence-electron chi connectivity index (χ0n) is 26.4. The third-order valence-corrected chi connectivity index (χ3v) is 9.14. The Kier molecular flexibility index (Phi) is 11.9. The number of hydrogen-bond donors (Lipinski definition) is 4. The number of ether oxygens (including phenoxy) is 2. The number of hydrogen-bond acceptors (Lipinski definition) is 9. The molecule has 2 saturated heterocycles. The fraction of sp³-hybridized carbons (Fsp3) is 0.625. The predicted octanol–water partition coefficient (Wildman–Crippen LogP) is 2.57. The molecule has 0 aliphatic carbocycles. The SMILES string of the molecule is Cc1ncsc1-c1ccc([C@H](C)NC(=O)[C@@H]2C[C@@H](O)CN2C(=O)C(NC(=O)COCCOC2CCNCC2)C(C)(C)C)cc1. The summed E-state index contributed by atoms with van der Waals surface area (Å²) in [5, 5.41) is 19.6. The zero-order chi connectivity index (χ0) is 31.9. The molecule has 4 rings (SSSR count). The van der Waals surface area contributed by atoms with Gasteiger partial charge in [0.2, 0.25) is 17.7 Å². The van der Waals surface area contributed by atoms with E-state index in [9.17, 15) is 19.5 Å². The molecule has 11 nitrogen and oxygen atoms in total. The quantitative estimate of drug-likeness (QED) is 0.263. The lowest BCUT2D eigenvalue weighted by atomic mass is 9.85. The summed E-state index contributed by atoms with van der Waals surface area (Å²) in [6.45, 7) is 11.8. The zero-order valence-corrected chi connectivity index (χ0v) is 27.2. The lowest BCUT2D eigenvalue weighted by Gasteiger charge is -2.35. The van der Waals surface area contributed by atoms with E-state index in [0.29, 0.717) is 6.61 Å². The van der Waals surface area contributed by atoms with Crippen LogP contribution >= 0.6 is 11.3 Å². The van der Waals surface area contributed by atoms with Gasteiger partial charge in [-0.2, -0.15) is 0 Å². The predicted molar refractivity (Wildman–Crippen MR) is 169 cm³/mol. The molecule has 12 heteroatoms. The number of nitrogens with one attached hydrogen (secondary N) is 3. The van der Waals surface area contributed by atoms with Crippen molar-refractivity contribution in [3.8, 4) is 10.4 Å². The molecule has 3 amide bonds. The Morgan fingerprint density at radius 2 is 1.84 bits per heavy atom. The highest BCUT2D eigenvalue weighted by atomic mass is 32.1. The number of amides is 3. The average Bonchev–Trinajstić information content (AvgIpc) is 3.60. The molecule has 0 bridgehead atoms. The summed E-state index contributed by atoms with van der Waals surface area (Å²) in [6, 6.07) is 5.87. The molecule has 4 N–H and O–H groups in total. The highest BCUT2D eigenvalue weighted by molar-refractivity contribution is 7.13. The second kappa shape index (κ2) is 15.4. The fourth-order valence-electron chi connectivity index (χ4n) is 5.62. The monoisotopic (exact) mass is 629 g/mol. The molecule has 0 radical (unpaired) electrons. The molecule has 4 atom stereocenters. The van der Waals surface area contributed by atoms with Crippen LogP contribution in [0.3, 0.4) is 0 Å². The van der Waals surface area contributed by atoms with Crippen LogP contribution in [0.4, 0.5) is 0 Å². The lowest BCUT2D eigenvalue weighted by molar-refractivity contribution is -0.144. The van der Waals surface area contributed by atoms with E-state index in [1.165, 1.54) is 4.90 Å². The van der Waals surface area contributed by atoms with Crippen LogP contribution < -0.4 is 16.0 Å². The summed E-state index contributed by atoms with van der Waals surface area (Å²) < 4.78 is 11.3. The number of aliphatic hydroxyl groups excluding tert-OH is 1. The summed E-state index contributed by atoms with van der Waals surface area (Å²) in [5.41, 5.74) is 4.13. The Morgan fingerprint density at radius 3 is 2.48 bits per heavy atom. The van der Waals surface area contributed by atoms with Gasteiger partial charge in [0.1, 0.15) is 18.7 Å². The van der Waals surface area contributed by atoms with Crippen molar-refractivity contribution in [3.63, 3.8) is 0 Å². The molecule has 0 spiro atoms. The minimum Gasteiger partial charge on any atom is -0.391 e. The van der Waals surface area contributed by atoms with Crippen molar-refractivity contribution in [2.75, 3.05) is 39.5 Å². The summed E-state index contributed by atoms with van der Waals surface area (Å²) >= 11 is 1.58. The van der Waals surface area contributed by atoms with E-state index in [2.05, 4.69) is 20.9 Å². The number of aryl methyl sites for hydroxylation is 1. The van der Waals surface area contributed by atoms with Gasteiger partial charge in [-0.05, 0) is 56.3 Å². The van der Waals surface area contributed by atoms with Crippen LogP contribution in [0.25, 0.3) is 10.4 Å². The standard InChI is InChI=1S/C32H47N5O6S/c1-20(22-6-8-23(9-7-22)28-21(2)34-19-44-28)35-30(40)26-16-24(38)17-37(26)31(41)29(32(3,4)5)36-27(39)18-42-14-15-43-25-10-12-33-13-11-25/h6-9,19-20,24-26,29,33,38H,10-18H2,1-5H3,(H,35,40)(H,36,39)/t20-,24+,26-,29?/m0/s1. The van der Waals surface area contributed by atoms with E-state index in [1.54, 1.807) is 11.3 Å². The number of nitrogens with zero attached hydrogens (tertiary/aromatic N) is 2. The molecule has 0 saturated carbocycles. The molecular formula is C32H47N5O6S. The van der Waals surface area contributed by atoms with Crippen molar-refractivity contribution in [1.82, 2.24) is 25.8 Å². The van der Waals surface area contributed by atoms with Crippen LogP contribution in [-0.4, -0.2) is 96.5 Å². The average molecular weight is 630 g/mol. The van der Waals surface area contributed by atoms with Gasteiger partial charge in [0, 0.05) is 13.0 Å². The van der Waals surface area contributed by atoms with E-state index < -0.39 is 35.4 Å². The third-order valence-electron chi connectivity index (χ3n) is 8.16. The van der Waals surface area contributed by atoms with Gasteiger partial charge in [-0.1, -0.05) is 45.0 Å². The molecule has 2 aliphatic heterocycles. The van der Waals surface area contributed by atoms with Gasteiger partial charge in [-0.25, -0.2) is 4.98 Å². The van der Waals surface area contributed by atoms with Crippen LogP contribution in [0.15, 0.2) is 29.8 Å². The van der Waals surface area contributed by atoms with Gasteiger partial charge in [0.15, 0.2) is 0 Å². The fourth-order valence-corrected chi connectivity index (χ4v) is 6.43. The molecule has 1 aromatic heterocycles. The van der Waals surface area contributed by atoms with E-state index in [0.717, 1.165) is 47.6 Å². The third kappa shape index (κ3) is 9.07. The van der Waals surface area contributed by atoms with Crippen LogP contribution in [0.2, 0.25) is 0 Å². The maximum atomic E-state index is 13.8. The summed E-state index contributed by atoms with van der Waals surface area (Å²) in [6.07, 6.45) is 1.41. The van der Waals surface area contributed by atoms with Crippen molar-refractivity contribution >= 4 is 29.1 Å². The number of β-amino-alcohol motifs (C(OH)–C–C–N with tert-alkyl or cyclic N) is 1. The van der Waals surface area contributed by atoms with Crippen molar-refractivity contribution in [2.24, 2.45) is 5.41 Å². The van der Waals surface area contributed by atoms with Crippen LogP contribution in [0, 0.1) is 12.3 Å². The highest BCUT2D eigenvalue weighted by Gasteiger charge is 2.44. The van der Waals surface area contributed by atoms with Gasteiger partial charge < -0.3 is 35.4 Å². The smallest absolute Gasteiger partial charge is 0.246 e. The summed E-state index contributed by atoms with van der Waals surface area (Å²) in [7, 11) is 0. The first-order valence-corrected chi connectivity index (χ1v) is 16.3. The van der Waals surface area contributed by atoms with Crippen LogP contribution in [-0.2, 0) is 23.9 Å². The second-order valence-electron chi connectivity index (χ2n) is 12.8. The Labute approximate surface area is 264 Å². The number of carbonyl (C=O) groups is 3. The minimum absolute atomic E-state index is 0.0151. The normalized spacial score (nSPS) is 20.7. The molecule has 3 heterocycles. The van der Waals surface area contributed by atoms with Gasteiger partial charge in [-0.15, -0.1) is 11.3 Å². The Morgan fingerprint density at radius 1 is 1.14 bits per heavy atom. The van der Waals surface area contributed by atoms with Gasteiger partial charge in [0.05, 0.1) is 47.5 Å². The largest absolute Gasteiger partial charge is 0.391 e. The Hall–Kier alpha value is -2.90. The van der Waals surface area contributed by atoms with Crippen molar-refractivity contribution in [1.29, 1.82) is 0 Å². The molecule has 242 valence electrons. The number of piperidine rings is 1. The van der Waals surface area contributed by atoms with Crippen molar-refractivity contribution in [2.45, 2.75) is 84.2 Å². The summed E-state index contributed by atoms with van der Waals surface area (Å²) in [5.74, 6) is -1.18. The van der Waals surface area contributed by atoms with Crippen molar-refractivity contribution < 1.29 is 29.0 Å². The minimum atomic E-state index is -0.912. The first-order chi connectivity index (χ1) is 20.9. The van der Waals surface area contributed by atoms with E-state index >= 15 is 0 Å². The number of rotatable bonds is 12. The van der Waals surface area contributed by atoms with Crippen LogP contribution in [0.5, 0.6) is 0 Å². The maximum absolute atomic E-state index is 13.8. The molecule has 44 heavy (non-hydrogen) atoms. The van der Waals surface area contributed by atoms with Gasteiger partial charge in [-0.3, -0.25) is 14.4 Å². The number of benzene rings is 1. The molecule has 2 aromatic rings. The number of aliphatic hydroxyl groups is 1. The Bertz CT molecular complexity index is 1260. The number of thiazole rings is 1. The number of aromatic nitrogens is 1. The van der Waals surface area contributed by atoms with E-state index in [1.807, 2.05) is 64.4 Å². The van der Waals surface area contributed by atoms with Gasteiger partial charge in [0.25, 0.3) is 0 Å². The second-order valence-corrected chi connectivity index (χ2v) is 13.6. The first-order valence-electron chi connectivity index (χ1n) is 15.4. The highest BCUT2D eigenvalue weighted by Crippen LogP contribution is 2.29. The molecule has 1 aromatic carbocycles. The van der Waals surface area contributed by atoms with E-state index in [-0.39, 0.29) is 44.2 Å². The number of likely N-dealkylation sites (tertiary alicyclic amines) is 1. The lowest BCUT2D eigenvalue weighted by Crippen LogP contribution is -2.58. The maximum Gasteiger partial charge on any atom is 0.246 e. The number of carbonyl (C=O) groups excluding carboxylic acids is 3. The van der Waals surface area contributed by atoms with Crippen LogP contribution in [0.1, 0.15) is 64.3 Å². The van der Waals surface area contributed by atoms with Crippen molar-refractivity contribution in [3.05, 3.63) is 41.0 Å². The molecule has 2 fully saturated rings. The van der Waals surface area contributed by atoms with Gasteiger partial charge >= 0.3 is 0 Å². The molecular weight excluding hydrogens is 582 g/mol. The molecule has 1 unspecified atom stereocenters. The topological polar surface area (TPSA) is 142 Å². The first kappa shape index (κ1) is 34.0. The van der Waals surface area contributed by atoms with E-state index in [4.69, 9.17) is 9.47 Å².